The van der Waals surface area contributed by atoms with Crippen LogP contribution >= 0.6 is 0 Å². The predicted octanol–water partition coefficient (Wildman–Crippen LogP) is 3.95. The Morgan fingerprint density at radius 3 is 2.24 bits per heavy atom. The number of benzene rings is 3. The number of aliphatic hydroxyl groups excluding tert-OH is 1. The highest BCUT2D eigenvalue weighted by atomic mass is 16.5. The van der Waals surface area contributed by atoms with Crippen LogP contribution in [-0.2, 0) is 35.1 Å². The van der Waals surface area contributed by atoms with Gasteiger partial charge < -0.3 is 30.5 Å². The maximum absolute atomic E-state index is 13.5. The number of esters is 1. The smallest absolute Gasteiger partial charge is 0.309 e. The maximum atomic E-state index is 13.5. The van der Waals surface area contributed by atoms with E-state index in [-0.39, 0.29) is 45.1 Å². The lowest BCUT2D eigenvalue weighted by atomic mass is 9.96. The Bertz CT molecular complexity index is 1460. The summed E-state index contributed by atoms with van der Waals surface area (Å²) in [5.41, 5.74) is 1.46. The van der Waals surface area contributed by atoms with Crippen molar-refractivity contribution in [3.63, 3.8) is 0 Å². The van der Waals surface area contributed by atoms with Crippen molar-refractivity contribution in [1.82, 2.24) is 10.6 Å². The third kappa shape index (κ3) is 11.9. The molecule has 0 aliphatic carbocycles. The third-order valence-electron chi connectivity index (χ3n) is 7.21. The Balaban J connectivity index is 1.73. The summed E-state index contributed by atoms with van der Waals surface area (Å²) >= 11 is 0. The van der Waals surface area contributed by atoms with E-state index in [1.165, 1.54) is 6.08 Å². The standard InChI is InChI=1S/C36H43N3O7/c1-3-10-29(24-33(41)37-18-20-45-21-19-40)34(42)39-32(35(43)38-31-17-16-27-14-8-9-15-28(27)23-31)25-46-36(44)30(11-4-2)22-26-12-6-5-7-13-26/h3-9,12-17,23,29-30,32,40H,1-2,10-11,18-22,24-25H2,(H,37,41)(H,38,43)(H,39,42)/t29-,30+,32+/m1/s1. The summed E-state index contributed by atoms with van der Waals surface area (Å²) in [6.45, 7) is 7.50. The molecule has 0 unspecified atom stereocenters. The molecule has 10 nitrogen and oxygen atoms in total. The van der Waals surface area contributed by atoms with E-state index in [9.17, 15) is 19.2 Å². The number of carbonyl (C=O) groups is 4. The summed E-state index contributed by atoms with van der Waals surface area (Å²) in [6, 6.07) is 21.4. The first-order valence-corrected chi connectivity index (χ1v) is 15.3. The molecule has 0 aliphatic heterocycles. The second-order valence-electron chi connectivity index (χ2n) is 10.8. The van der Waals surface area contributed by atoms with Crippen LogP contribution in [0.5, 0.6) is 0 Å². The minimum Gasteiger partial charge on any atom is -0.463 e. The highest BCUT2D eigenvalue weighted by Crippen LogP contribution is 2.20. The Kier molecular flexibility index (Phi) is 15.2. The molecule has 0 saturated carbocycles. The number of allylic oxidation sites excluding steroid dienone is 2. The van der Waals surface area contributed by atoms with Gasteiger partial charge in [0.25, 0.3) is 5.91 Å². The molecule has 0 heterocycles. The molecule has 0 radical (unpaired) electrons. The molecule has 0 fully saturated rings. The van der Waals surface area contributed by atoms with E-state index >= 15 is 0 Å². The van der Waals surface area contributed by atoms with Gasteiger partial charge in [-0.05, 0) is 47.7 Å². The molecule has 0 saturated heterocycles. The largest absolute Gasteiger partial charge is 0.463 e. The predicted molar refractivity (Wildman–Crippen MR) is 178 cm³/mol. The van der Waals surface area contributed by atoms with Crippen molar-refractivity contribution in [2.75, 3.05) is 38.3 Å². The molecular formula is C36H43N3O7. The fourth-order valence-electron chi connectivity index (χ4n) is 4.82. The molecule has 3 amide bonds. The Hall–Kier alpha value is -4.80. The number of anilines is 1. The summed E-state index contributed by atoms with van der Waals surface area (Å²) in [6.07, 6.45) is 3.98. The molecule has 3 aromatic carbocycles. The molecule has 4 N–H and O–H groups in total. The lowest BCUT2D eigenvalue weighted by Crippen LogP contribution is -2.49. The van der Waals surface area contributed by atoms with Crippen molar-refractivity contribution in [2.24, 2.45) is 11.8 Å². The van der Waals surface area contributed by atoms with Gasteiger partial charge in [-0.15, -0.1) is 13.2 Å². The molecular weight excluding hydrogens is 586 g/mol. The fraction of sp³-hybridized carbons (Fsp3) is 0.333. The SMILES string of the molecule is C=CC[C@H](CC(=O)NCCOCCO)C(=O)N[C@@H](COC(=O)[C@@H](CC=C)Cc1ccccc1)C(=O)Nc1ccc2ccccc2c1. The number of hydrogen-bond donors (Lipinski definition) is 4. The van der Waals surface area contributed by atoms with Crippen LogP contribution in [0.2, 0.25) is 0 Å². The number of carbonyl (C=O) groups excluding carboxylic acids is 4. The van der Waals surface area contributed by atoms with Crippen molar-refractivity contribution < 1.29 is 33.8 Å². The van der Waals surface area contributed by atoms with Gasteiger partial charge in [-0.3, -0.25) is 19.2 Å². The van der Waals surface area contributed by atoms with Crippen LogP contribution in [0.4, 0.5) is 5.69 Å². The quantitative estimate of drug-likeness (QED) is 0.0842. The number of ether oxygens (including phenoxy) is 2. The molecule has 0 spiro atoms. The van der Waals surface area contributed by atoms with Gasteiger partial charge in [0.05, 0.1) is 31.7 Å². The van der Waals surface area contributed by atoms with Crippen molar-refractivity contribution >= 4 is 40.2 Å². The minimum atomic E-state index is -1.24. The second-order valence-corrected chi connectivity index (χ2v) is 10.8. The number of nitrogens with one attached hydrogen (secondary N) is 3. The lowest BCUT2D eigenvalue weighted by molar-refractivity contribution is -0.150. The van der Waals surface area contributed by atoms with Gasteiger partial charge in [0.15, 0.2) is 0 Å². The number of amides is 3. The molecule has 0 aliphatic rings. The van der Waals surface area contributed by atoms with Crippen LogP contribution in [-0.4, -0.2) is 67.8 Å². The topological polar surface area (TPSA) is 143 Å². The zero-order chi connectivity index (χ0) is 33.1. The van der Waals surface area contributed by atoms with E-state index in [1.807, 2.05) is 66.7 Å². The highest BCUT2D eigenvalue weighted by molar-refractivity contribution is 5.99. The van der Waals surface area contributed by atoms with E-state index in [1.54, 1.807) is 12.1 Å². The monoisotopic (exact) mass is 629 g/mol. The summed E-state index contributed by atoms with van der Waals surface area (Å²) in [7, 11) is 0. The van der Waals surface area contributed by atoms with Gasteiger partial charge in [-0.2, -0.15) is 0 Å². The maximum Gasteiger partial charge on any atom is 0.309 e. The van der Waals surface area contributed by atoms with Crippen molar-refractivity contribution in [3.05, 3.63) is 104 Å². The van der Waals surface area contributed by atoms with Crippen LogP contribution < -0.4 is 16.0 Å². The summed E-state index contributed by atoms with van der Waals surface area (Å²) in [5.74, 6) is -3.40. The van der Waals surface area contributed by atoms with Gasteiger partial charge >= 0.3 is 5.97 Å². The van der Waals surface area contributed by atoms with Crippen LogP contribution in [0.1, 0.15) is 24.8 Å². The minimum absolute atomic E-state index is 0.123. The normalized spacial score (nSPS) is 12.7. The fourth-order valence-corrected chi connectivity index (χ4v) is 4.82. The van der Waals surface area contributed by atoms with Crippen LogP contribution in [0, 0.1) is 11.8 Å². The molecule has 3 rings (SSSR count). The zero-order valence-corrected chi connectivity index (χ0v) is 26.0. The van der Waals surface area contributed by atoms with E-state index in [0.717, 1.165) is 16.3 Å². The van der Waals surface area contributed by atoms with Gasteiger partial charge in [0.1, 0.15) is 12.6 Å². The van der Waals surface area contributed by atoms with E-state index in [2.05, 4.69) is 29.1 Å². The lowest BCUT2D eigenvalue weighted by Gasteiger charge is -2.23. The van der Waals surface area contributed by atoms with E-state index in [4.69, 9.17) is 14.6 Å². The Morgan fingerprint density at radius 2 is 1.52 bits per heavy atom. The number of rotatable bonds is 20. The first kappa shape index (κ1) is 35.7. The number of hydrogen-bond acceptors (Lipinski definition) is 7. The molecule has 46 heavy (non-hydrogen) atoms. The second kappa shape index (κ2) is 19.6. The Labute approximate surface area is 269 Å². The highest BCUT2D eigenvalue weighted by Gasteiger charge is 2.29. The van der Waals surface area contributed by atoms with Gasteiger partial charge in [-0.1, -0.05) is 72.8 Å². The molecule has 3 atom stereocenters. The van der Waals surface area contributed by atoms with Crippen LogP contribution in [0.25, 0.3) is 10.8 Å². The van der Waals surface area contributed by atoms with Crippen molar-refractivity contribution in [1.29, 1.82) is 0 Å². The molecule has 0 bridgehead atoms. The summed E-state index contributed by atoms with van der Waals surface area (Å²) in [4.78, 5) is 52.7. The van der Waals surface area contributed by atoms with Gasteiger partial charge in [0.2, 0.25) is 11.8 Å². The molecule has 3 aromatic rings. The van der Waals surface area contributed by atoms with E-state index in [0.29, 0.717) is 18.5 Å². The first-order chi connectivity index (χ1) is 22.3. The zero-order valence-electron chi connectivity index (χ0n) is 26.0. The summed E-state index contributed by atoms with van der Waals surface area (Å²) in [5, 5.41) is 18.9. The summed E-state index contributed by atoms with van der Waals surface area (Å²) < 4.78 is 10.8. The number of fused-ring (bicyclic) bond motifs is 1. The van der Waals surface area contributed by atoms with Crippen molar-refractivity contribution in [3.8, 4) is 0 Å². The molecule has 0 aromatic heterocycles. The van der Waals surface area contributed by atoms with E-state index < -0.39 is 42.3 Å². The van der Waals surface area contributed by atoms with Gasteiger partial charge in [0, 0.05) is 18.7 Å². The molecule has 10 heteroatoms. The average molecular weight is 630 g/mol. The van der Waals surface area contributed by atoms with Crippen LogP contribution in [0.15, 0.2) is 98.1 Å². The van der Waals surface area contributed by atoms with Gasteiger partial charge in [-0.25, -0.2) is 0 Å². The van der Waals surface area contributed by atoms with Crippen LogP contribution in [0.3, 0.4) is 0 Å². The molecule has 244 valence electrons. The third-order valence-corrected chi connectivity index (χ3v) is 7.21. The van der Waals surface area contributed by atoms with Crippen molar-refractivity contribution in [2.45, 2.75) is 31.7 Å². The first-order valence-electron chi connectivity index (χ1n) is 15.3. The Morgan fingerprint density at radius 1 is 0.826 bits per heavy atom. The number of aliphatic hydroxyl groups is 1. The average Bonchev–Trinajstić information content (AvgIpc) is 3.06.